The summed E-state index contributed by atoms with van der Waals surface area (Å²) in [5, 5.41) is 11.7. The maximum absolute atomic E-state index is 12.2. The summed E-state index contributed by atoms with van der Waals surface area (Å²) in [6.07, 6.45) is 1.30. The zero-order chi connectivity index (χ0) is 17.7. The Morgan fingerprint density at radius 3 is 2.54 bits per heavy atom. The highest BCUT2D eigenvalue weighted by Crippen LogP contribution is 2.22. The Morgan fingerprint density at radius 1 is 1.25 bits per heavy atom. The van der Waals surface area contributed by atoms with E-state index in [9.17, 15) is 9.59 Å². The minimum absolute atomic E-state index is 0.165. The smallest absolute Gasteiger partial charge is 0.354 e. The van der Waals surface area contributed by atoms with E-state index in [1.165, 1.54) is 18.3 Å². The number of hydrogen-bond donors (Lipinski definition) is 2. The molecule has 0 saturated carbocycles. The van der Waals surface area contributed by atoms with E-state index in [2.05, 4.69) is 10.3 Å². The Bertz CT molecular complexity index is 738. The number of carbonyl (C=O) groups is 2. The second kappa shape index (κ2) is 7.59. The van der Waals surface area contributed by atoms with Crippen LogP contribution in [-0.2, 0) is 0 Å². The number of aromatic carboxylic acids is 1. The van der Waals surface area contributed by atoms with Gasteiger partial charge < -0.3 is 15.2 Å². The predicted octanol–water partition coefficient (Wildman–Crippen LogP) is 2.59. The summed E-state index contributed by atoms with van der Waals surface area (Å²) in [5.74, 6) is -0.718. The number of rotatable bonds is 6. The largest absolute Gasteiger partial charge is 0.491 e. The lowest BCUT2D eigenvalue weighted by Gasteiger charge is -2.17. The van der Waals surface area contributed by atoms with Gasteiger partial charge in [0.25, 0.3) is 5.91 Å². The molecule has 0 aliphatic rings. The van der Waals surface area contributed by atoms with Gasteiger partial charge in [0.15, 0.2) is 0 Å². The van der Waals surface area contributed by atoms with E-state index < -0.39 is 5.97 Å². The third kappa shape index (κ3) is 4.32. The summed E-state index contributed by atoms with van der Waals surface area (Å²) in [6.45, 7) is 6.07. The molecule has 1 heterocycles. The lowest BCUT2D eigenvalue weighted by Crippen LogP contribution is -2.37. The second-order valence-corrected chi connectivity index (χ2v) is 5.64. The summed E-state index contributed by atoms with van der Waals surface area (Å²) < 4.78 is 5.81. The van der Waals surface area contributed by atoms with Crippen molar-refractivity contribution in [3.05, 3.63) is 58.9 Å². The van der Waals surface area contributed by atoms with Crippen LogP contribution in [-0.4, -0.2) is 34.6 Å². The zero-order valence-electron chi connectivity index (χ0n) is 13.9. The molecule has 6 heteroatoms. The van der Waals surface area contributed by atoms with Crippen molar-refractivity contribution in [2.45, 2.75) is 26.8 Å². The minimum atomic E-state index is -1.17. The highest BCUT2D eigenvalue weighted by molar-refractivity contribution is 5.96. The molecule has 1 atom stereocenters. The lowest BCUT2D eigenvalue weighted by atomic mass is 10.1. The van der Waals surface area contributed by atoms with Crippen molar-refractivity contribution in [2.24, 2.45) is 0 Å². The number of hydrogen-bond acceptors (Lipinski definition) is 4. The van der Waals surface area contributed by atoms with Gasteiger partial charge in [0.05, 0.1) is 6.04 Å². The number of pyridine rings is 1. The van der Waals surface area contributed by atoms with E-state index >= 15 is 0 Å². The number of benzene rings is 1. The summed E-state index contributed by atoms with van der Waals surface area (Å²) in [4.78, 5) is 26.8. The van der Waals surface area contributed by atoms with Gasteiger partial charge in [-0.15, -0.1) is 0 Å². The number of aryl methyl sites for hydroxylation is 2. The quantitative estimate of drug-likeness (QED) is 0.851. The number of carboxylic acid groups (broad SMARTS) is 1. The predicted molar refractivity (Wildman–Crippen MR) is 89.5 cm³/mol. The lowest BCUT2D eigenvalue weighted by molar-refractivity contribution is 0.0690. The molecule has 0 aliphatic heterocycles. The summed E-state index contributed by atoms with van der Waals surface area (Å²) in [7, 11) is 0. The van der Waals surface area contributed by atoms with Gasteiger partial charge in [-0.3, -0.25) is 4.79 Å². The summed E-state index contributed by atoms with van der Waals surface area (Å²) >= 11 is 0. The maximum atomic E-state index is 12.2. The van der Waals surface area contributed by atoms with E-state index in [1.54, 1.807) is 0 Å². The summed E-state index contributed by atoms with van der Waals surface area (Å²) in [5.41, 5.74) is 2.16. The molecule has 0 radical (unpaired) electrons. The molecule has 24 heavy (non-hydrogen) atoms. The molecule has 0 bridgehead atoms. The van der Waals surface area contributed by atoms with Gasteiger partial charge in [0.1, 0.15) is 18.1 Å². The number of nitrogens with zero attached hydrogens (tertiary/aromatic N) is 1. The van der Waals surface area contributed by atoms with Crippen molar-refractivity contribution in [1.82, 2.24) is 10.3 Å². The molecule has 1 aromatic carbocycles. The zero-order valence-corrected chi connectivity index (χ0v) is 13.9. The molecule has 126 valence electrons. The Hall–Kier alpha value is -2.89. The normalized spacial score (nSPS) is 11.6. The number of para-hydroxylation sites is 1. The topological polar surface area (TPSA) is 88.5 Å². The van der Waals surface area contributed by atoms with Crippen LogP contribution in [0.25, 0.3) is 0 Å². The van der Waals surface area contributed by atoms with Crippen LogP contribution >= 0.6 is 0 Å². The Kier molecular flexibility index (Phi) is 5.52. The standard InChI is InChI=1S/C18H20N2O4/c1-11-5-4-6-12(2)16(11)24-10-13(3)20-17(21)14-7-8-19-15(9-14)18(22)23/h4-9,13H,10H2,1-3H3,(H,20,21)(H,22,23). The Balaban J connectivity index is 1.97. The van der Waals surface area contributed by atoms with Crippen LogP contribution in [0.2, 0.25) is 0 Å². The van der Waals surface area contributed by atoms with Crippen LogP contribution in [0.5, 0.6) is 5.75 Å². The second-order valence-electron chi connectivity index (χ2n) is 5.64. The first-order valence-corrected chi connectivity index (χ1v) is 7.57. The average molecular weight is 328 g/mol. The maximum Gasteiger partial charge on any atom is 0.354 e. The highest BCUT2D eigenvalue weighted by Gasteiger charge is 2.14. The van der Waals surface area contributed by atoms with Crippen LogP contribution in [0.1, 0.15) is 38.9 Å². The number of carboxylic acids is 1. The third-order valence-corrected chi connectivity index (χ3v) is 3.51. The Morgan fingerprint density at radius 2 is 1.92 bits per heavy atom. The average Bonchev–Trinajstić information content (AvgIpc) is 2.54. The Labute approximate surface area is 140 Å². The van der Waals surface area contributed by atoms with Crippen molar-refractivity contribution in [3.63, 3.8) is 0 Å². The number of amides is 1. The van der Waals surface area contributed by atoms with Gasteiger partial charge in [0.2, 0.25) is 0 Å². The molecule has 6 nitrogen and oxygen atoms in total. The van der Waals surface area contributed by atoms with E-state index in [0.717, 1.165) is 16.9 Å². The monoisotopic (exact) mass is 328 g/mol. The van der Waals surface area contributed by atoms with Crippen LogP contribution < -0.4 is 10.1 Å². The highest BCUT2D eigenvalue weighted by atomic mass is 16.5. The van der Waals surface area contributed by atoms with E-state index in [1.807, 2.05) is 39.0 Å². The summed E-state index contributed by atoms with van der Waals surface area (Å²) in [6, 6.07) is 8.38. The fourth-order valence-electron chi connectivity index (χ4n) is 2.27. The number of carbonyl (C=O) groups excluding carboxylic acids is 1. The molecule has 2 rings (SSSR count). The van der Waals surface area contributed by atoms with Crippen LogP contribution in [0, 0.1) is 13.8 Å². The first kappa shape index (κ1) is 17.5. The molecule has 1 unspecified atom stereocenters. The molecule has 0 fully saturated rings. The molecule has 1 amide bonds. The van der Waals surface area contributed by atoms with Crippen molar-refractivity contribution >= 4 is 11.9 Å². The number of ether oxygens (including phenoxy) is 1. The van der Waals surface area contributed by atoms with Gasteiger partial charge in [-0.2, -0.15) is 0 Å². The molecule has 2 aromatic rings. The van der Waals surface area contributed by atoms with Gasteiger partial charge in [-0.25, -0.2) is 9.78 Å². The molecule has 2 N–H and O–H groups in total. The van der Waals surface area contributed by atoms with Crippen molar-refractivity contribution in [3.8, 4) is 5.75 Å². The van der Waals surface area contributed by atoms with E-state index in [4.69, 9.17) is 9.84 Å². The fourth-order valence-corrected chi connectivity index (χ4v) is 2.27. The third-order valence-electron chi connectivity index (χ3n) is 3.51. The van der Waals surface area contributed by atoms with Gasteiger partial charge in [0, 0.05) is 11.8 Å². The van der Waals surface area contributed by atoms with Crippen LogP contribution in [0.4, 0.5) is 0 Å². The van der Waals surface area contributed by atoms with E-state index in [0.29, 0.717) is 6.61 Å². The molecule has 0 saturated heterocycles. The van der Waals surface area contributed by atoms with Crippen LogP contribution in [0.3, 0.4) is 0 Å². The van der Waals surface area contributed by atoms with Crippen molar-refractivity contribution < 1.29 is 19.4 Å². The molecule has 1 aromatic heterocycles. The van der Waals surface area contributed by atoms with Gasteiger partial charge in [-0.1, -0.05) is 18.2 Å². The van der Waals surface area contributed by atoms with Gasteiger partial charge >= 0.3 is 5.97 Å². The number of nitrogens with one attached hydrogen (secondary N) is 1. The SMILES string of the molecule is Cc1cccc(C)c1OCC(C)NC(=O)c1ccnc(C(=O)O)c1. The number of aromatic nitrogens is 1. The fraction of sp³-hybridized carbons (Fsp3) is 0.278. The molecular formula is C18H20N2O4. The molecular weight excluding hydrogens is 308 g/mol. The molecule has 0 spiro atoms. The van der Waals surface area contributed by atoms with Crippen molar-refractivity contribution in [2.75, 3.05) is 6.61 Å². The first-order valence-electron chi connectivity index (χ1n) is 7.57. The minimum Gasteiger partial charge on any atom is -0.491 e. The van der Waals surface area contributed by atoms with Gasteiger partial charge in [-0.05, 0) is 44.0 Å². The first-order chi connectivity index (χ1) is 11.4. The van der Waals surface area contributed by atoms with Crippen LogP contribution in [0.15, 0.2) is 36.5 Å². The van der Waals surface area contributed by atoms with Crippen molar-refractivity contribution in [1.29, 1.82) is 0 Å². The molecule has 0 aliphatic carbocycles. The van der Waals surface area contributed by atoms with E-state index in [-0.39, 0.29) is 23.2 Å².